The molecule has 0 amide bonds. The molecule has 0 aliphatic rings. The third kappa shape index (κ3) is 3.73. The molecule has 12 heteroatoms. The summed E-state index contributed by atoms with van der Waals surface area (Å²) >= 11 is 0. The Hall–Kier alpha value is -3.18. The van der Waals surface area contributed by atoms with E-state index in [9.17, 15) is 40.8 Å². The molecule has 5 nitrogen and oxygen atoms in total. The highest BCUT2D eigenvalue weighted by Gasteiger charge is 2.42. The first kappa shape index (κ1) is 19.1. The Kier molecular flexibility index (Phi) is 5.14. The highest BCUT2D eigenvalue weighted by molar-refractivity contribution is 5.80. The van der Waals surface area contributed by atoms with Crippen molar-refractivity contribution in [3.63, 3.8) is 0 Å². The number of hydrogen-bond donors (Lipinski definition) is 1. The lowest BCUT2D eigenvalue weighted by molar-refractivity contribution is -0.384. The van der Waals surface area contributed by atoms with Crippen LogP contribution in [0.15, 0.2) is 29.4 Å². The quantitative estimate of drug-likeness (QED) is 0.276. The molecule has 0 unspecified atom stereocenters. The van der Waals surface area contributed by atoms with E-state index in [1.807, 2.05) is 0 Å². The lowest BCUT2D eigenvalue weighted by Gasteiger charge is -2.13. The number of nitrogens with zero attached hydrogens (tertiary/aromatic N) is 2. The Morgan fingerprint density at radius 2 is 1.46 bits per heavy atom. The maximum Gasteiger partial charge on any atom is 0.422 e. The molecule has 0 spiro atoms. The largest absolute Gasteiger partial charge is 0.422 e. The Morgan fingerprint density at radius 3 is 1.88 bits per heavy atom. The minimum absolute atomic E-state index is 0.191. The average molecular weight is 381 g/mol. The summed E-state index contributed by atoms with van der Waals surface area (Å²) in [6.07, 6.45) is -4.77. The lowest BCUT2D eigenvalue weighted by atomic mass is 10.1. The fourth-order valence-electron chi connectivity index (χ4n) is 1.83. The van der Waals surface area contributed by atoms with Crippen molar-refractivity contribution in [1.29, 1.82) is 0 Å². The van der Waals surface area contributed by atoms with E-state index in [1.165, 1.54) is 12.1 Å². The first-order valence-electron chi connectivity index (χ1n) is 6.50. The van der Waals surface area contributed by atoms with Gasteiger partial charge in [-0.1, -0.05) is 0 Å². The van der Waals surface area contributed by atoms with E-state index in [0.717, 1.165) is 18.3 Å². The summed E-state index contributed by atoms with van der Waals surface area (Å²) < 4.78 is 91.4. The average Bonchev–Trinajstić information content (AvgIpc) is 2.55. The molecule has 0 aromatic heterocycles. The molecule has 0 saturated carbocycles. The van der Waals surface area contributed by atoms with Crippen LogP contribution in [0.5, 0.6) is 0 Å². The standard InChI is InChI=1S/C14H6F7N3O2/c15-9-8(14(19,20)21)10(16)12(18)13(11(9)17)23-22-5-6-1-3-7(4-2-6)24(25)26/h1-5,23H/b22-5+. The van der Waals surface area contributed by atoms with E-state index in [4.69, 9.17) is 0 Å². The Labute approximate surface area is 139 Å². The van der Waals surface area contributed by atoms with Gasteiger partial charge >= 0.3 is 6.18 Å². The third-order valence-corrected chi connectivity index (χ3v) is 3.04. The summed E-state index contributed by atoms with van der Waals surface area (Å²) in [5.41, 5.74) is -2.75. The van der Waals surface area contributed by atoms with Crippen LogP contribution in [0, 0.1) is 33.4 Å². The summed E-state index contributed by atoms with van der Waals surface area (Å²) in [6, 6.07) is 4.56. The van der Waals surface area contributed by atoms with Crippen LogP contribution in [-0.2, 0) is 6.18 Å². The number of rotatable bonds is 4. The van der Waals surface area contributed by atoms with Gasteiger partial charge in [-0.25, -0.2) is 17.6 Å². The molecule has 26 heavy (non-hydrogen) atoms. The van der Waals surface area contributed by atoms with Crippen molar-refractivity contribution in [1.82, 2.24) is 0 Å². The number of nitrogens with one attached hydrogen (secondary N) is 1. The van der Waals surface area contributed by atoms with Crippen LogP contribution in [0.1, 0.15) is 11.1 Å². The first-order chi connectivity index (χ1) is 12.0. The smallest absolute Gasteiger partial charge is 0.272 e. The second-order valence-corrected chi connectivity index (χ2v) is 4.72. The predicted molar refractivity (Wildman–Crippen MR) is 75.6 cm³/mol. The topological polar surface area (TPSA) is 67.5 Å². The SMILES string of the molecule is O=[N+]([O-])c1ccc(/C=N/Nc2c(F)c(F)c(C(F)(F)F)c(F)c2F)cc1. The van der Waals surface area contributed by atoms with E-state index >= 15 is 0 Å². The Bertz CT molecular complexity index is 851. The van der Waals surface area contributed by atoms with E-state index in [-0.39, 0.29) is 11.3 Å². The van der Waals surface area contributed by atoms with Crippen LogP contribution in [-0.4, -0.2) is 11.1 Å². The maximum atomic E-state index is 13.6. The van der Waals surface area contributed by atoms with Crippen molar-refractivity contribution in [3.05, 3.63) is 68.8 Å². The van der Waals surface area contributed by atoms with E-state index in [0.29, 0.717) is 0 Å². The fraction of sp³-hybridized carbons (Fsp3) is 0.0714. The molecule has 2 rings (SSSR count). The van der Waals surface area contributed by atoms with Gasteiger partial charge in [0, 0.05) is 12.1 Å². The summed E-state index contributed by atoms with van der Waals surface area (Å²) in [5.74, 6) is -9.86. The number of hydrazone groups is 1. The van der Waals surface area contributed by atoms with Gasteiger partial charge in [-0.2, -0.15) is 18.3 Å². The Balaban J connectivity index is 2.31. The van der Waals surface area contributed by atoms with Crippen LogP contribution in [0.3, 0.4) is 0 Å². The second kappa shape index (κ2) is 6.98. The monoisotopic (exact) mass is 381 g/mol. The number of benzene rings is 2. The third-order valence-electron chi connectivity index (χ3n) is 3.04. The van der Waals surface area contributed by atoms with Crippen LogP contribution >= 0.6 is 0 Å². The summed E-state index contributed by atoms with van der Waals surface area (Å²) in [4.78, 5) is 9.79. The van der Waals surface area contributed by atoms with Gasteiger partial charge in [0.1, 0.15) is 11.3 Å². The van der Waals surface area contributed by atoms with E-state index < -0.39 is 45.6 Å². The summed E-state index contributed by atoms with van der Waals surface area (Å²) in [5, 5.41) is 13.7. The van der Waals surface area contributed by atoms with Gasteiger partial charge in [0.2, 0.25) is 0 Å². The molecule has 0 heterocycles. The van der Waals surface area contributed by atoms with Crippen LogP contribution in [0.2, 0.25) is 0 Å². The van der Waals surface area contributed by atoms with Crippen molar-refractivity contribution in [2.75, 3.05) is 5.43 Å². The number of halogens is 7. The van der Waals surface area contributed by atoms with Crippen molar-refractivity contribution in [2.45, 2.75) is 6.18 Å². The first-order valence-corrected chi connectivity index (χ1v) is 6.50. The molecule has 2 aromatic carbocycles. The number of non-ortho nitro benzene ring substituents is 1. The highest BCUT2D eigenvalue weighted by Crippen LogP contribution is 2.38. The molecule has 0 aliphatic carbocycles. The van der Waals surface area contributed by atoms with Gasteiger partial charge in [-0.15, -0.1) is 0 Å². The normalized spacial score (nSPS) is 11.8. The Morgan fingerprint density at radius 1 is 0.962 bits per heavy atom. The predicted octanol–water partition coefficient (Wildman–Crippen LogP) is 4.62. The molecule has 0 radical (unpaired) electrons. The summed E-state index contributed by atoms with van der Waals surface area (Å²) in [6.45, 7) is 0. The van der Waals surface area contributed by atoms with Gasteiger partial charge in [0.25, 0.3) is 5.69 Å². The van der Waals surface area contributed by atoms with Gasteiger partial charge < -0.3 is 0 Å². The van der Waals surface area contributed by atoms with Crippen molar-refractivity contribution in [3.8, 4) is 0 Å². The minimum Gasteiger partial charge on any atom is -0.272 e. The van der Waals surface area contributed by atoms with Crippen LogP contribution in [0.25, 0.3) is 0 Å². The van der Waals surface area contributed by atoms with Gasteiger partial charge in [-0.05, 0) is 17.7 Å². The summed E-state index contributed by atoms with van der Waals surface area (Å²) in [7, 11) is 0. The highest BCUT2D eigenvalue weighted by atomic mass is 19.4. The van der Waals surface area contributed by atoms with Crippen molar-refractivity contribution < 1.29 is 35.7 Å². The molecule has 0 fully saturated rings. The molecule has 1 N–H and O–H groups in total. The van der Waals surface area contributed by atoms with E-state index in [2.05, 4.69) is 5.10 Å². The lowest BCUT2D eigenvalue weighted by Crippen LogP contribution is -2.16. The number of hydrogen-bond acceptors (Lipinski definition) is 4. The molecule has 0 aliphatic heterocycles. The van der Waals surface area contributed by atoms with Gasteiger partial charge in [0.05, 0.1) is 11.1 Å². The minimum atomic E-state index is -5.64. The van der Waals surface area contributed by atoms with Crippen molar-refractivity contribution in [2.24, 2.45) is 5.10 Å². The van der Waals surface area contributed by atoms with Crippen LogP contribution < -0.4 is 5.43 Å². The molecule has 138 valence electrons. The molecular formula is C14H6F7N3O2. The maximum absolute atomic E-state index is 13.6. The number of nitro benzene ring substituents is 1. The van der Waals surface area contributed by atoms with Gasteiger partial charge in [-0.3, -0.25) is 15.5 Å². The van der Waals surface area contributed by atoms with Gasteiger partial charge in [0.15, 0.2) is 23.3 Å². The zero-order chi connectivity index (χ0) is 19.6. The molecular weight excluding hydrogens is 375 g/mol. The molecule has 0 saturated heterocycles. The number of nitro groups is 1. The number of anilines is 1. The molecule has 0 atom stereocenters. The fourth-order valence-corrected chi connectivity index (χ4v) is 1.83. The van der Waals surface area contributed by atoms with Crippen LogP contribution in [0.4, 0.5) is 42.1 Å². The molecule has 0 bridgehead atoms. The zero-order valence-corrected chi connectivity index (χ0v) is 12.2. The van der Waals surface area contributed by atoms with E-state index in [1.54, 1.807) is 5.43 Å². The number of alkyl halides is 3. The second-order valence-electron chi connectivity index (χ2n) is 4.72. The zero-order valence-electron chi connectivity index (χ0n) is 12.2. The van der Waals surface area contributed by atoms with Crippen molar-refractivity contribution >= 4 is 17.6 Å². The molecule has 2 aromatic rings.